The van der Waals surface area contributed by atoms with Gasteiger partial charge in [-0.05, 0) is 43.7 Å². The van der Waals surface area contributed by atoms with Gasteiger partial charge in [0.1, 0.15) is 5.54 Å². The Balaban J connectivity index is 1.84. The minimum Gasteiger partial charge on any atom is -0.368 e. The van der Waals surface area contributed by atoms with E-state index in [-0.39, 0.29) is 5.91 Å². The van der Waals surface area contributed by atoms with E-state index in [2.05, 4.69) is 15.6 Å². The molecule has 0 aliphatic carbocycles. The molecule has 0 aliphatic rings. The summed E-state index contributed by atoms with van der Waals surface area (Å²) in [6.45, 7) is 4.33. The summed E-state index contributed by atoms with van der Waals surface area (Å²) >= 11 is 0. The van der Waals surface area contributed by atoms with Gasteiger partial charge in [-0.15, -0.1) is 0 Å². The molecular weight excluding hydrogens is 322 g/mol. The lowest BCUT2D eigenvalue weighted by Gasteiger charge is -2.31. The summed E-state index contributed by atoms with van der Waals surface area (Å²) in [6.07, 6.45) is 1.72. The molecule has 26 heavy (non-hydrogen) atoms. The Morgan fingerprint density at radius 2 is 1.65 bits per heavy atom. The Hall–Kier alpha value is -3.14. The van der Waals surface area contributed by atoms with Crippen molar-refractivity contribution in [3.8, 4) is 0 Å². The number of aryl methyl sites for hydroxylation is 1. The van der Waals surface area contributed by atoms with Crippen LogP contribution in [0.4, 0.5) is 5.69 Å². The molecule has 2 aromatic carbocycles. The van der Waals surface area contributed by atoms with E-state index < -0.39 is 5.54 Å². The van der Waals surface area contributed by atoms with Gasteiger partial charge in [-0.3, -0.25) is 9.78 Å². The highest BCUT2D eigenvalue weighted by Crippen LogP contribution is 2.27. The van der Waals surface area contributed by atoms with Crippen molar-refractivity contribution in [3.05, 3.63) is 95.8 Å². The van der Waals surface area contributed by atoms with E-state index in [1.165, 1.54) is 5.56 Å². The van der Waals surface area contributed by atoms with E-state index in [1.54, 1.807) is 6.20 Å². The fraction of sp³-hybridized carbons (Fsp3) is 0.182. The predicted octanol–water partition coefficient (Wildman–Crippen LogP) is 4.03. The SMILES string of the molecule is Cc1ccc(N[C@](C)(C(=O)NCc2ccccn2)c2ccccc2)cc1. The first-order valence-corrected chi connectivity index (χ1v) is 8.66. The van der Waals surface area contributed by atoms with Gasteiger partial charge in [-0.25, -0.2) is 0 Å². The van der Waals surface area contributed by atoms with Crippen molar-refractivity contribution in [1.82, 2.24) is 10.3 Å². The van der Waals surface area contributed by atoms with Crippen molar-refractivity contribution in [2.24, 2.45) is 0 Å². The van der Waals surface area contributed by atoms with Crippen molar-refractivity contribution in [2.75, 3.05) is 5.32 Å². The standard InChI is InChI=1S/C22H23N3O/c1-17-11-13-19(14-12-17)25-22(2,18-8-4-3-5-9-18)21(26)24-16-20-10-6-7-15-23-20/h3-15,25H,16H2,1-2H3,(H,24,26)/t22-/m0/s1. The zero-order valence-corrected chi connectivity index (χ0v) is 15.1. The van der Waals surface area contributed by atoms with E-state index in [4.69, 9.17) is 0 Å². The van der Waals surface area contributed by atoms with E-state index in [0.717, 1.165) is 16.9 Å². The molecule has 0 spiro atoms. The van der Waals surface area contributed by atoms with Crippen molar-refractivity contribution in [1.29, 1.82) is 0 Å². The minimum absolute atomic E-state index is 0.102. The number of benzene rings is 2. The zero-order chi connectivity index (χ0) is 18.4. The van der Waals surface area contributed by atoms with Crippen LogP contribution in [0.25, 0.3) is 0 Å². The number of hydrogen-bond donors (Lipinski definition) is 2. The van der Waals surface area contributed by atoms with Crippen LogP contribution in [-0.4, -0.2) is 10.9 Å². The summed E-state index contributed by atoms with van der Waals surface area (Å²) in [6, 6.07) is 23.4. The minimum atomic E-state index is -0.898. The number of amides is 1. The van der Waals surface area contributed by atoms with Crippen LogP contribution in [0.15, 0.2) is 79.0 Å². The van der Waals surface area contributed by atoms with Crippen LogP contribution in [0, 0.1) is 6.92 Å². The Bertz CT molecular complexity index is 848. The molecule has 3 rings (SSSR count). The third kappa shape index (κ3) is 4.09. The third-order valence-electron chi connectivity index (χ3n) is 4.41. The number of carbonyl (C=O) groups is 1. The second kappa shape index (κ2) is 7.83. The number of nitrogens with one attached hydrogen (secondary N) is 2. The fourth-order valence-electron chi connectivity index (χ4n) is 2.81. The molecule has 0 saturated carbocycles. The maximum absolute atomic E-state index is 13.1. The molecule has 0 unspecified atom stereocenters. The van der Waals surface area contributed by atoms with Crippen molar-refractivity contribution in [2.45, 2.75) is 25.9 Å². The number of pyridine rings is 1. The van der Waals surface area contributed by atoms with Gasteiger partial charge in [0.25, 0.3) is 0 Å². The second-order valence-electron chi connectivity index (χ2n) is 6.49. The molecule has 0 radical (unpaired) electrons. The molecule has 4 heteroatoms. The van der Waals surface area contributed by atoms with Crippen LogP contribution >= 0.6 is 0 Å². The number of nitrogens with zero attached hydrogens (tertiary/aromatic N) is 1. The van der Waals surface area contributed by atoms with Crippen molar-refractivity contribution >= 4 is 11.6 Å². The summed E-state index contributed by atoms with van der Waals surface area (Å²) in [5.74, 6) is -0.102. The van der Waals surface area contributed by atoms with Gasteiger partial charge in [0.05, 0.1) is 12.2 Å². The van der Waals surface area contributed by atoms with Crippen LogP contribution in [0.1, 0.15) is 23.7 Å². The van der Waals surface area contributed by atoms with Crippen LogP contribution in [0.2, 0.25) is 0 Å². The van der Waals surface area contributed by atoms with Gasteiger partial charge >= 0.3 is 0 Å². The maximum atomic E-state index is 13.1. The molecule has 0 aliphatic heterocycles. The predicted molar refractivity (Wildman–Crippen MR) is 105 cm³/mol. The Morgan fingerprint density at radius 3 is 2.31 bits per heavy atom. The van der Waals surface area contributed by atoms with Gasteiger partial charge in [0.15, 0.2) is 0 Å². The largest absolute Gasteiger partial charge is 0.368 e. The second-order valence-corrected chi connectivity index (χ2v) is 6.49. The van der Waals surface area contributed by atoms with Gasteiger partial charge < -0.3 is 10.6 Å². The zero-order valence-electron chi connectivity index (χ0n) is 15.1. The normalized spacial score (nSPS) is 12.8. The lowest BCUT2D eigenvalue weighted by Crippen LogP contribution is -2.47. The molecule has 1 heterocycles. The summed E-state index contributed by atoms with van der Waals surface area (Å²) in [5, 5.41) is 6.41. The van der Waals surface area contributed by atoms with E-state index in [9.17, 15) is 4.79 Å². The molecule has 0 bridgehead atoms. The lowest BCUT2D eigenvalue weighted by atomic mass is 9.90. The Morgan fingerprint density at radius 1 is 0.962 bits per heavy atom. The number of carbonyl (C=O) groups excluding carboxylic acids is 1. The number of aromatic nitrogens is 1. The van der Waals surface area contributed by atoms with Gasteiger partial charge in [0.2, 0.25) is 5.91 Å². The number of rotatable bonds is 6. The number of hydrogen-bond acceptors (Lipinski definition) is 3. The molecule has 1 amide bonds. The lowest BCUT2D eigenvalue weighted by molar-refractivity contribution is -0.125. The highest BCUT2D eigenvalue weighted by Gasteiger charge is 2.35. The molecule has 1 atom stereocenters. The monoisotopic (exact) mass is 345 g/mol. The molecular formula is C22H23N3O. The molecule has 0 saturated heterocycles. The van der Waals surface area contributed by atoms with Gasteiger partial charge in [0, 0.05) is 11.9 Å². The van der Waals surface area contributed by atoms with E-state index >= 15 is 0 Å². The van der Waals surface area contributed by atoms with Gasteiger partial charge in [-0.2, -0.15) is 0 Å². The highest BCUT2D eigenvalue weighted by molar-refractivity contribution is 5.90. The number of anilines is 1. The molecule has 0 fully saturated rings. The molecule has 132 valence electrons. The molecule has 4 nitrogen and oxygen atoms in total. The van der Waals surface area contributed by atoms with Crippen LogP contribution < -0.4 is 10.6 Å². The summed E-state index contributed by atoms with van der Waals surface area (Å²) in [7, 11) is 0. The van der Waals surface area contributed by atoms with Crippen molar-refractivity contribution in [3.63, 3.8) is 0 Å². The summed E-state index contributed by atoms with van der Waals surface area (Å²) in [4.78, 5) is 17.4. The van der Waals surface area contributed by atoms with Gasteiger partial charge in [-0.1, -0.05) is 54.1 Å². The van der Waals surface area contributed by atoms with Crippen molar-refractivity contribution < 1.29 is 4.79 Å². The maximum Gasteiger partial charge on any atom is 0.250 e. The quantitative estimate of drug-likeness (QED) is 0.709. The molecule has 1 aromatic heterocycles. The Labute approximate surface area is 154 Å². The third-order valence-corrected chi connectivity index (χ3v) is 4.41. The molecule has 3 aromatic rings. The van der Waals surface area contributed by atoms with E-state index in [1.807, 2.05) is 86.6 Å². The Kier molecular flexibility index (Phi) is 5.32. The van der Waals surface area contributed by atoms with Crippen LogP contribution in [0.3, 0.4) is 0 Å². The average molecular weight is 345 g/mol. The first-order chi connectivity index (χ1) is 12.6. The summed E-state index contributed by atoms with van der Waals surface area (Å²) in [5.41, 5.74) is 2.91. The first kappa shape index (κ1) is 17.7. The van der Waals surface area contributed by atoms with E-state index in [0.29, 0.717) is 6.54 Å². The highest BCUT2D eigenvalue weighted by atomic mass is 16.2. The van der Waals surface area contributed by atoms with Crippen LogP contribution in [-0.2, 0) is 16.9 Å². The molecule has 2 N–H and O–H groups in total. The summed E-state index contributed by atoms with van der Waals surface area (Å²) < 4.78 is 0. The topological polar surface area (TPSA) is 54.0 Å². The first-order valence-electron chi connectivity index (χ1n) is 8.66. The fourth-order valence-corrected chi connectivity index (χ4v) is 2.81. The average Bonchev–Trinajstić information content (AvgIpc) is 2.69. The van der Waals surface area contributed by atoms with Crippen LogP contribution in [0.5, 0.6) is 0 Å². The smallest absolute Gasteiger partial charge is 0.250 e.